The summed E-state index contributed by atoms with van der Waals surface area (Å²) in [5.41, 5.74) is 5.37. The van der Waals surface area contributed by atoms with Crippen molar-refractivity contribution in [1.29, 1.82) is 0 Å². The van der Waals surface area contributed by atoms with E-state index < -0.39 is 23.9 Å². The number of hydrogen-bond donors (Lipinski definition) is 1. The maximum Gasteiger partial charge on any atom is 0.323 e. The summed E-state index contributed by atoms with van der Waals surface area (Å²) in [6.45, 7) is 1.51. The van der Waals surface area contributed by atoms with E-state index in [1.54, 1.807) is 0 Å². The van der Waals surface area contributed by atoms with Gasteiger partial charge in [0.25, 0.3) is 0 Å². The number of methoxy groups -OCH3 is 2. The van der Waals surface area contributed by atoms with Crippen LogP contribution in [0.1, 0.15) is 6.92 Å². The minimum atomic E-state index is -0.956. The molecule has 0 aromatic carbocycles. The molecule has 0 aliphatic heterocycles. The van der Waals surface area contributed by atoms with Crippen LogP contribution in [0.3, 0.4) is 0 Å². The highest BCUT2D eigenvalue weighted by Crippen LogP contribution is 2.03. The summed E-state index contributed by atoms with van der Waals surface area (Å²) in [7, 11) is 2.45. The van der Waals surface area contributed by atoms with Crippen LogP contribution in [0.15, 0.2) is 0 Å². The van der Waals surface area contributed by atoms with E-state index in [4.69, 9.17) is 5.73 Å². The molecule has 0 aromatic rings. The lowest BCUT2D eigenvalue weighted by molar-refractivity contribution is -0.152. The zero-order valence-electron chi connectivity index (χ0n) is 7.37. The number of rotatable bonds is 3. The SMILES string of the molecule is COC(=O)[C@@H](C)[C@H](N)C(=O)OC. The van der Waals surface area contributed by atoms with Gasteiger partial charge >= 0.3 is 11.9 Å². The quantitative estimate of drug-likeness (QED) is 0.573. The fraction of sp³-hybridized carbons (Fsp3) is 0.714. The van der Waals surface area contributed by atoms with Crippen LogP contribution in [0.4, 0.5) is 0 Å². The molecular formula is C7H13NO4. The predicted octanol–water partition coefficient (Wildman–Crippen LogP) is -0.704. The number of carbonyl (C=O) groups is 2. The van der Waals surface area contributed by atoms with Crippen LogP contribution >= 0.6 is 0 Å². The van der Waals surface area contributed by atoms with Gasteiger partial charge in [-0.15, -0.1) is 0 Å². The molecule has 70 valence electrons. The van der Waals surface area contributed by atoms with E-state index in [0.717, 1.165) is 0 Å². The van der Waals surface area contributed by atoms with Gasteiger partial charge in [-0.1, -0.05) is 0 Å². The van der Waals surface area contributed by atoms with E-state index in [0.29, 0.717) is 0 Å². The van der Waals surface area contributed by atoms with Gasteiger partial charge in [-0.3, -0.25) is 9.59 Å². The number of hydrogen-bond acceptors (Lipinski definition) is 5. The van der Waals surface area contributed by atoms with Crippen molar-refractivity contribution < 1.29 is 19.1 Å². The molecule has 0 bridgehead atoms. The lowest BCUT2D eigenvalue weighted by Crippen LogP contribution is -2.41. The highest BCUT2D eigenvalue weighted by atomic mass is 16.5. The van der Waals surface area contributed by atoms with Crippen molar-refractivity contribution in [3.8, 4) is 0 Å². The Balaban J connectivity index is 4.18. The standard InChI is InChI=1S/C7H13NO4/c1-4(6(9)11-2)5(8)7(10)12-3/h4-5H,8H2,1-3H3/t4-,5-/m0/s1. The van der Waals surface area contributed by atoms with Gasteiger partial charge < -0.3 is 15.2 Å². The Bertz CT molecular complexity index is 160. The third kappa shape index (κ3) is 2.50. The molecule has 0 saturated heterocycles. The van der Waals surface area contributed by atoms with Gasteiger partial charge in [-0.2, -0.15) is 0 Å². The molecule has 0 unspecified atom stereocenters. The first-order chi connectivity index (χ1) is 5.54. The Labute approximate surface area is 70.8 Å². The minimum Gasteiger partial charge on any atom is -0.469 e. The Morgan fingerprint density at radius 2 is 1.58 bits per heavy atom. The number of nitrogens with two attached hydrogens (primary N) is 1. The van der Waals surface area contributed by atoms with Crippen LogP contribution in [0.2, 0.25) is 0 Å². The second-order valence-corrected chi connectivity index (χ2v) is 2.36. The van der Waals surface area contributed by atoms with Crippen LogP contribution in [0.5, 0.6) is 0 Å². The van der Waals surface area contributed by atoms with Crippen LogP contribution < -0.4 is 5.73 Å². The van der Waals surface area contributed by atoms with E-state index in [1.165, 1.54) is 21.1 Å². The summed E-state index contributed by atoms with van der Waals surface area (Å²) in [5.74, 6) is -1.82. The third-order valence-corrected chi connectivity index (χ3v) is 1.58. The van der Waals surface area contributed by atoms with Crippen molar-refractivity contribution >= 4 is 11.9 Å². The maximum atomic E-state index is 10.9. The number of carbonyl (C=O) groups excluding carboxylic acids is 2. The zero-order valence-corrected chi connectivity index (χ0v) is 7.37. The van der Waals surface area contributed by atoms with Crippen molar-refractivity contribution in [1.82, 2.24) is 0 Å². The molecule has 0 rings (SSSR count). The van der Waals surface area contributed by atoms with Crippen LogP contribution in [-0.4, -0.2) is 32.2 Å². The maximum absolute atomic E-state index is 10.9. The smallest absolute Gasteiger partial charge is 0.323 e. The van der Waals surface area contributed by atoms with Crippen LogP contribution in [0, 0.1) is 5.92 Å². The second-order valence-electron chi connectivity index (χ2n) is 2.36. The molecule has 0 heterocycles. The Hall–Kier alpha value is -1.10. The predicted molar refractivity (Wildman–Crippen MR) is 41.2 cm³/mol. The first-order valence-corrected chi connectivity index (χ1v) is 3.45. The Morgan fingerprint density at radius 3 is 1.92 bits per heavy atom. The summed E-state index contributed by atoms with van der Waals surface area (Å²) in [5, 5.41) is 0. The van der Waals surface area contributed by atoms with Gasteiger partial charge in [0.15, 0.2) is 0 Å². The van der Waals surface area contributed by atoms with E-state index in [9.17, 15) is 9.59 Å². The van der Waals surface area contributed by atoms with E-state index in [2.05, 4.69) is 9.47 Å². The summed E-state index contributed by atoms with van der Waals surface area (Å²) in [4.78, 5) is 21.7. The molecule has 0 fully saturated rings. The molecule has 0 aliphatic carbocycles. The average molecular weight is 175 g/mol. The fourth-order valence-electron chi connectivity index (χ4n) is 0.673. The lowest BCUT2D eigenvalue weighted by Gasteiger charge is -2.14. The monoisotopic (exact) mass is 175 g/mol. The largest absolute Gasteiger partial charge is 0.469 e. The molecule has 0 saturated carbocycles. The first-order valence-electron chi connectivity index (χ1n) is 3.45. The van der Waals surface area contributed by atoms with E-state index in [1.807, 2.05) is 0 Å². The number of ether oxygens (including phenoxy) is 2. The molecule has 0 amide bonds. The molecule has 5 nitrogen and oxygen atoms in total. The van der Waals surface area contributed by atoms with Crippen molar-refractivity contribution in [2.45, 2.75) is 13.0 Å². The van der Waals surface area contributed by atoms with Crippen LogP contribution in [0.25, 0.3) is 0 Å². The van der Waals surface area contributed by atoms with Crippen molar-refractivity contribution in [3.05, 3.63) is 0 Å². The van der Waals surface area contributed by atoms with Gasteiger partial charge in [-0.05, 0) is 6.92 Å². The van der Waals surface area contributed by atoms with Gasteiger partial charge in [0, 0.05) is 0 Å². The zero-order chi connectivity index (χ0) is 9.72. The minimum absolute atomic E-state index is 0.520. The summed E-state index contributed by atoms with van der Waals surface area (Å²) in [6.07, 6.45) is 0. The van der Waals surface area contributed by atoms with Gasteiger partial charge in [-0.25, -0.2) is 0 Å². The molecule has 0 radical (unpaired) electrons. The normalized spacial score (nSPS) is 14.7. The van der Waals surface area contributed by atoms with Gasteiger partial charge in [0.2, 0.25) is 0 Å². The molecule has 0 spiro atoms. The topological polar surface area (TPSA) is 78.6 Å². The highest BCUT2D eigenvalue weighted by molar-refractivity contribution is 5.84. The van der Waals surface area contributed by atoms with E-state index >= 15 is 0 Å². The molecule has 5 heteroatoms. The van der Waals surface area contributed by atoms with Crippen LogP contribution in [-0.2, 0) is 19.1 Å². The Kier molecular flexibility index (Phi) is 4.28. The fourth-order valence-corrected chi connectivity index (χ4v) is 0.673. The summed E-state index contributed by atoms with van der Waals surface area (Å²) in [6, 6.07) is -0.956. The van der Waals surface area contributed by atoms with Gasteiger partial charge in [0.1, 0.15) is 6.04 Å². The molecule has 2 N–H and O–H groups in total. The molecular weight excluding hydrogens is 162 g/mol. The van der Waals surface area contributed by atoms with Gasteiger partial charge in [0.05, 0.1) is 20.1 Å². The molecule has 0 aromatic heterocycles. The summed E-state index contributed by atoms with van der Waals surface area (Å²) < 4.78 is 8.76. The third-order valence-electron chi connectivity index (χ3n) is 1.58. The molecule has 12 heavy (non-hydrogen) atoms. The second kappa shape index (κ2) is 4.71. The first kappa shape index (κ1) is 10.9. The van der Waals surface area contributed by atoms with Crippen molar-refractivity contribution in [2.24, 2.45) is 11.7 Å². The lowest BCUT2D eigenvalue weighted by atomic mass is 10.0. The Morgan fingerprint density at radius 1 is 1.17 bits per heavy atom. The molecule has 0 aliphatic rings. The summed E-state index contributed by atoms with van der Waals surface area (Å²) >= 11 is 0. The van der Waals surface area contributed by atoms with Crippen molar-refractivity contribution in [2.75, 3.05) is 14.2 Å². The number of esters is 2. The van der Waals surface area contributed by atoms with Crippen molar-refractivity contribution in [3.63, 3.8) is 0 Å². The highest BCUT2D eigenvalue weighted by Gasteiger charge is 2.27. The van der Waals surface area contributed by atoms with E-state index in [-0.39, 0.29) is 0 Å². The average Bonchev–Trinajstić information content (AvgIpc) is 2.12. The molecule has 2 atom stereocenters.